The van der Waals surface area contributed by atoms with E-state index in [1.165, 1.54) is 19.2 Å². The van der Waals surface area contributed by atoms with Gasteiger partial charge in [-0.05, 0) is 37.1 Å². The third-order valence-corrected chi connectivity index (χ3v) is 6.09. The topological polar surface area (TPSA) is 126 Å². The Morgan fingerprint density at radius 2 is 1.87 bits per heavy atom. The van der Waals surface area contributed by atoms with Gasteiger partial charge in [0.25, 0.3) is 0 Å². The van der Waals surface area contributed by atoms with Crippen LogP contribution in [0, 0.1) is 5.92 Å². The summed E-state index contributed by atoms with van der Waals surface area (Å²) >= 11 is 6.79. The van der Waals surface area contributed by atoms with Crippen LogP contribution in [0.5, 0.6) is 5.75 Å². The molecule has 11 heteroatoms. The lowest BCUT2D eigenvalue weighted by Gasteiger charge is -2.23. The van der Waals surface area contributed by atoms with Crippen molar-refractivity contribution in [2.45, 2.75) is 32.1 Å². The maximum absolute atomic E-state index is 13.1. The van der Waals surface area contributed by atoms with Gasteiger partial charge in [0.05, 0.1) is 24.9 Å². The molecule has 0 unspecified atom stereocenters. The number of carbonyl (C=O) groups excluding carboxylic acids is 3. The van der Waals surface area contributed by atoms with E-state index in [1.807, 2.05) is 0 Å². The second-order valence-corrected chi connectivity index (χ2v) is 8.52. The third kappa shape index (κ3) is 5.39. The Labute approximate surface area is 187 Å². The summed E-state index contributed by atoms with van der Waals surface area (Å²) in [5, 5.41) is 11.2. The van der Waals surface area contributed by atoms with Crippen LogP contribution in [-0.2, 0) is 25.6 Å². The summed E-state index contributed by atoms with van der Waals surface area (Å²) < 4.78 is 5.20. The van der Waals surface area contributed by atoms with Gasteiger partial charge in [0, 0.05) is 5.92 Å². The Hall–Kier alpha value is -2.98. The van der Waals surface area contributed by atoms with Gasteiger partial charge in [0.1, 0.15) is 10.1 Å². The molecule has 1 aromatic heterocycles. The van der Waals surface area contributed by atoms with E-state index in [4.69, 9.17) is 21.4 Å². The molecule has 1 aliphatic carbocycles. The fourth-order valence-corrected chi connectivity index (χ4v) is 4.36. The van der Waals surface area contributed by atoms with Gasteiger partial charge in [0.15, 0.2) is 5.13 Å². The highest BCUT2D eigenvalue weighted by molar-refractivity contribution is 7.19. The normalized spacial score (nSPS) is 13.6. The highest BCUT2D eigenvalue weighted by Crippen LogP contribution is 2.31. The van der Waals surface area contributed by atoms with Crippen molar-refractivity contribution in [1.29, 1.82) is 0 Å². The van der Waals surface area contributed by atoms with Gasteiger partial charge < -0.3 is 9.84 Å². The lowest BCUT2D eigenvalue weighted by molar-refractivity contribution is -0.138. The van der Waals surface area contributed by atoms with Crippen LogP contribution in [0.15, 0.2) is 24.3 Å². The number of rotatable bonds is 6. The van der Waals surface area contributed by atoms with Crippen LogP contribution in [0.2, 0.25) is 4.34 Å². The third-order valence-electron chi connectivity index (χ3n) is 4.84. The molecule has 0 radical (unpaired) electrons. The second kappa shape index (κ2) is 9.88. The lowest BCUT2D eigenvalue weighted by atomic mass is 10.1. The monoisotopic (exact) mass is 465 g/mol. The zero-order valence-electron chi connectivity index (χ0n) is 16.6. The number of amides is 3. The number of carbonyl (C=O) groups is 4. The van der Waals surface area contributed by atoms with Crippen LogP contribution in [0.4, 0.5) is 10.8 Å². The summed E-state index contributed by atoms with van der Waals surface area (Å²) in [6.45, 7) is 0. The molecule has 0 bridgehead atoms. The van der Waals surface area contributed by atoms with Crippen molar-refractivity contribution in [3.8, 4) is 5.75 Å². The number of benzene rings is 1. The Morgan fingerprint density at radius 1 is 1.23 bits per heavy atom. The molecule has 3 amide bonds. The first kappa shape index (κ1) is 22.7. The van der Waals surface area contributed by atoms with Gasteiger partial charge in [0.2, 0.25) is 5.91 Å². The highest BCUT2D eigenvalue weighted by Gasteiger charge is 2.35. The van der Waals surface area contributed by atoms with Crippen molar-refractivity contribution in [2.24, 2.45) is 5.92 Å². The number of carboxylic acids is 1. The minimum absolute atomic E-state index is 0.0254. The SMILES string of the molecule is COc1ccc(N(C(=O)C(=O)Nc2nc(CC(=O)O)c(Cl)s2)C(=O)C2CCCC2)cc1. The predicted octanol–water partition coefficient (Wildman–Crippen LogP) is 3.12. The first-order valence-corrected chi connectivity index (χ1v) is 10.7. The molecule has 1 saturated carbocycles. The molecule has 2 aromatic rings. The molecule has 31 heavy (non-hydrogen) atoms. The highest BCUT2D eigenvalue weighted by atomic mass is 35.5. The average molecular weight is 466 g/mol. The lowest BCUT2D eigenvalue weighted by Crippen LogP contribution is -2.46. The van der Waals surface area contributed by atoms with Crippen LogP contribution in [0.25, 0.3) is 0 Å². The molecule has 1 aliphatic rings. The molecule has 3 rings (SSSR count). The zero-order valence-corrected chi connectivity index (χ0v) is 18.2. The maximum atomic E-state index is 13.1. The fraction of sp³-hybridized carbons (Fsp3) is 0.350. The number of nitrogens with zero attached hydrogens (tertiary/aromatic N) is 2. The summed E-state index contributed by atoms with van der Waals surface area (Å²) in [6.07, 6.45) is 2.66. The Morgan fingerprint density at radius 3 is 2.45 bits per heavy atom. The van der Waals surface area contributed by atoms with E-state index >= 15 is 0 Å². The fourth-order valence-electron chi connectivity index (χ4n) is 3.32. The van der Waals surface area contributed by atoms with Crippen molar-refractivity contribution in [2.75, 3.05) is 17.3 Å². The maximum Gasteiger partial charge on any atom is 0.323 e. The first-order valence-electron chi connectivity index (χ1n) is 9.50. The zero-order chi connectivity index (χ0) is 22.5. The number of thiazole rings is 1. The number of nitrogens with one attached hydrogen (secondary N) is 1. The number of imide groups is 1. The Bertz CT molecular complexity index is 1000. The number of hydrogen-bond donors (Lipinski definition) is 2. The predicted molar refractivity (Wildman–Crippen MR) is 115 cm³/mol. The molecule has 164 valence electrons. The Kier molecular flexibility index (Phi) is 7.24. The number of methoxy groups -OCH3 is 1. The summed E-state index contributed by atoms with van der Waals surface area (Å²) in [5.41, 5.74) is 0.331. The number of ether oxygens (including phenoxy) is 1. The molecular formula is C20H20ClN3O6S. The number of carboxylic acid groups (broad SMARTS) is 1. The van der Waals surface area contributed by atoms with Gasteiger partial charge in [-0.2, -0.15) is 0 Å². The van der Waals surface area contributed by atoms with E-state index in [0.29, 0.717) is 18.6 Å². The van der Waals surface area contributed by atoms with E-state index < -0.39 is 30.1 Å². The van der Waals surface area contributed by atoms with Crippen LogP contribution in [0.1, 0.15) is 31.4 Å². The Balaban J connectivity index is 1.83. The summed E-state index contributed by atoms with van der Waals surface area (Å²) in [7, 11) is 1.49. The minimum Gasteiger partial charge on any atom is -0.497 e. The van der Waals surface area contributed by atoms with Crippen molar-refractivity contribution in [1.82, 2.24) is 4.98 Å². The van der Waals surface area contributed by atoms with E-state index in [0.717, 1.165) is 29.1 Å². The first-order chi connectivity index (χ1) is 14.8. The molecule has 0 atom stereocenters. The second-order valence-electron chi connectivity index (χ2n) is 6.92. The van der Waals surface area contributed by atoms with Crippen molar-refractivity contribution in [3.63, 3.8) is 0 Å². The van der Waals surface area contributed by atoms with E-state index in [1.54, 1.807) is 12.1 Å². The molecule has 1 fully saturated rings. The molecule has 2 N–H and O–H groups in total. The van der Waals surface area contributed by atoms with E-state index in [9.17, 15) is 19.2 Å². The van der Waals surface area contributed by atoms with Crippen molar-refractivity contribution >= 4 is 57.4 Å². The molecule has 0 saturated heterocycles. The van der Waals surface area contributed by atoms with Gasteiger partial charge >= 0.3 is 17.8 Å². The average Bonchev–Trinajstić information content (AvgIpc) is 3.38. The van der Waals surface area contributed by atoms with E-state index in [2.05, 4.69) is 10.3 Å². The summed E-state index contributed by atoms with van der Waals surface area (Å²) in [4.78, 5) is 54.4. The van der Waals surface area contributed by atoms with Crippen molar-refractivity contribution in [3.05, 3.63) is 34.3 Å². The van der Waals surface area contributed by atoms with Gasteiger partial charge in [-0.15, -0.1) is 0 Å². The summed E-state index contributed by atoms with van der Waals surface area (Å²) in [5.74, 6) is -3.50. The minimum atomic E-state index is -1.13. The van der Waals surface area contributed by atoms with Crippen LogP contribution in [0.3, 0.4) is 0 Å². The smallest absolute Gasteiger partial charge is 0.323 e. The quantitative estimate of drug-likeness (QED) is 0.627. The van der Waals surface area contributed by atoms with Crippen LogP contribution in [-0.4, -0.2) is 40.9 Å². The van der Waals surface area contributed by atoms with Gasteiger partial charge in [-0.25, -0.2) is 9.88 Å². The molecular weight excluding hydrogens is 446 g/mol. The van der Waals surface area contributed by atoms with Crippen LogP contribution < -0.4 is 15.0 Å². The molecule has 1 heterocycles. The summed E-state index contributed by atoms with van der Waals surface area (Å²) in [6, 6.07) is 6.24. The van der Waals surface area contributed by atoms with Crippen LogP contribution >= 0.6 is 22.9 Å². The number of anilines is 2. The number of aromatic nitrogens is 1. The molecule has 0 spiro atoms. The van der Waals surface area contributed by atoms with Gasteiger partial charge in [-0.1, -0.05) is 35.8 Å². The molecule has 0 aliphatic heterocycles. The molecule has 1 aromatic carbocycles. The van der Waals surface area contributed by atoms with Gasteiger partial charge in [-0.3, -0.25) is 24.5 Å². The molecule has 9 nitrogen and oxygen atoms in total. The number of hydrogen-bond acceptors (Lipinski definition) is 7. The number of aliphatic carboxylic acids is 1. The van der Waals surface area contributed by atoms with Crippen molar-refractivity contribution < 1.29 is 29.0 Å². The van der Waals surface area contributed by atoms with E-state index in [-0.39, 0.29) is 26.8 Å². The standard InChI is InChI=1S/C20H20ClN3O6S/c1-30-13-8-6-12(7-9-13)24(18(28)11-4-2-3-5-11)19(29)17(27)23-20-22-14(10-15(25)26)16(21)31-20/h6-9,11H,2-5,10H2,1H3,(H,25,26)(H,22,23,27). The number of halogens is 1. The largest absolute Gasteiger partial charge is 0.497 e.